The van der Waals surface area contributed by atoms with Crippen LogP contribution in [0.25, 0.3) is 0 Å². The molecule has 4 nitrogen and oxygen atoms in total. The maximum absolute atomic E-state index is 11.3. The summed E-state index contributed by atoms with van der Waals surface area (Å²) in [5.74, 6) is 0.0282. The number of benzene rings is 1. The number of nitrogens with zero attached hydrogens (tertiary/aromatic N) is 2. The van der Waals surface area contributed by atoms with Crippen molar-refractivity contribution in [2.24, 2.45) is 0 Å². The van der Waals surface area contributed by atoms with Gasteiger partial charge in [0, 0.05) is 25.4 Å². The number of hydrogen-bond donors (Lipinski definition) is 1. The van der Waals surface area contributed by atoms with Gasteiger partial charge in [0.1, 0.15) is 5.82 Å². The van der Waals surface area contributed by atoms with E-state index in [9.17, 15) is 9.90 Å². The molecule has 19 heavy (non-hydrogen) atoms. The van der Waals surface area contributed by atoms with Crippen molar-refractivity contribution in [3.8, 4) is 0 Å². The van der Waals surface area contributed by atoms with Gasteiger partial charge in [0.15, 0.2) is 0 Å². The lowest BCUT2D eigenvalue weighted by atomic mass is 10.0. The molecule has 0 unspecified atom stereocenters. The second-order valence-corrected chi connectivity index (χ2v) is 4.68. The Morgan fingerprint density at radius 3 is 2.89 bits per heavy atom. The summed E-state index contributed by atoms with van der Waals surface area (Å²) in [6, 6.07) is 5.53. The summed E-state index contributed by atoms with van der Waals surface area (Å²) in [7, 11) is 0. The number of carboxylic acids is 1. The fourth-order valence-corrected chi connectivity index (χ4v) is 2.17. The minimum Gasteiger partial charge on any atom is -0.478 e. The Kier molecular flexibility index (Phi) is 4.00. The first-order valence-corrected chi connectivity index (χ1v) is 6.44. The summed E-state index contributed by atoms with van der Waals surface area (Å²) < 4.78 is 2.07. The molecule has 1 heterocycles. The number of carboxylic acid groups (broad SMARTS) is 1. The number of imidazole rings is 1. The molecule has 0 spiro atoms. The van der Waals surface area contributed by atoms with Gasteiger partial charge in [0.05, 0.1) is 5.56 Å². The lowest BCUT2D eigenvalue weighted by molar-refractivity contribution is 0.0695. The fraction of sp³-hybridized carbons (Fsp3) is 0.333. The minimum absolute atomic E-state index is 0.367. The Morgan fingerprint density at radius 2 is 2.21 bits per heavy atom. The van der Waals surface area contributed by atoms with Gasteiger partial charge in [-0.15, -0.1) is 0 Å². The predicted octanol–water partition coefficient (Wildman–Crippen LogP) is 2.89. The molecule has 4 heteroatoms. The van der Waals surface area contributed by atoms with Crippen LogP contribution in [0.4, 0.5) is 0 Å². The third-order valence-electron chi connectivity index (χ3n) is 3.11. The Balaban J connectivity index is 2.32. The summed E-state index contributed by atoms with van der Waals surface area (Å²) in [5.41, 5.74) is 2.13. The standard InChI is InChI=1S/C15H18N2O2/c1-3-7-17-8-6-16-14(17)10-12-5-4-11(2)9-13(12)15(18)19/h4-6,8-9H,3,7,10H2,1-2H3,(H,18,19). The van der Waals surface area contributed by atoms with Gasteiger partial charge in [0.2, 0.25) is 0 Å². The van der Waals surface area contributed by atoms with Crippen molar-refractivity contribution in [3.63, 3.8) is 0 Å². The van der Waals surface area contributed by atoms with Gasteiger partial charge in [-0.05, 0) is 25.0 Å². The maximum atomic E-state index is 11.3. The second kappa shape index (κ2) is 5.69. The monoisotopic (exact) mass is 258 g/mol. The zero-order valence-corrected chi connectivity index (χ0v) is 11.3. The third-order valence-corrected chi connectivity index (χ3v) is 3.11. The van der Waals surface area contributed by atoms with E-state index >= 15 is 0 Å². The van der Waals surface area contributed by atoms with E-state index in [0.717, 1.165) is 29.9 Å². The van der Waals surface area contributed by atoms with Crippen LogP contribution in [0.3, 0.4) is 0 Å². The van der Waals surface area contributed by atoms with Gasteiger partial charge in [-0.2, -0.15) is 0 Å². The van der Waals surface area contributed by atoms with Crippen molar-refractivity contribution in [1.29, 1.82) is 0 Å². The van der Waals surface area contributed by atoms with Crippen LogP contribution in [0.2, 0.25) is 0 Å². The summed E-state index contributed by atoms with van der Waals surface area (Å²) in [6.45, 7) is 4.91. The van der Waals surface area contributed by atoms with Crippen molar-refractivity contribution in [1.82, 2.24) is 9.55 Å². The van der Waals surface area contributed by atoms with E-state index in [4.69, 9.17) is 0 Å². The molecule has 1 aromatic heterocycles. The largest absolute Gasteiger partial charge is 0.478 e. The SMILES string of the molecule is CCCn1ccnc1Cc1ccc(C)cc1C(=O)O. The van der Waals surface area contributed by atoms with Gasteiger partial charge in [-0.25, -0.2) is 9.78 Å². The number of carbonyl (C=O) groups is 1. The average Bonchev–Trinajstić information content (AvgIpc) is 2.79. The van der Waals surface area contributed by atoms with E-state index in [1.54, 1.807) is 12.3 Å². The fourth-order valence-electron chi connectivity index (χ4n) is 2.17. The van der Waals surface area contributed by atoms with Crippen molar-refractivity contribution in [2.45, 2.75) is 33.2 Å². The molecule has 1 aromatic carbocycles. The zero-order chi connectivity index (χ0) is 13.8. The first-order chi connectivity index (χ1) is 9.11. The van der Waals surface area contributed by atoms with E-state index in [0.29, 0.717) is 12.0 Å². The molecule has 1 N–H and O–H groups in total. The number of aromatic carboxylic acids is 1. The quantitative estimate of drug-likeness (QED) is 0.897. The first-order valence-electron chi connectivity index (χ1n) is 6.44. The van der Waals surface area contributed by atoms with Crippen LogP contribution in [0.1, 0.15) is 40.7 Å². The van der Waals surface area contributed by atoms with E-state index in [1.165, 1.54) is 0 Å². The molecule has 2 aromatic rings. The van der Waals surface area contributed by atoms with Crippen LogP contribution >= 0.6 is 0 Å². The molecule has 100 valence electrons. The molecule has 0 saturated carbocycles. The summed E-state index contributed by atoms with van der Waals surface area (Å²) >= 11 is 0. The van der Waals surface area contributed by atoms with E-state index < -0.39 is 5.97 Å². The minimum atomic E-state index is -0.882. The number of hydrogen-bond acceptors (Lipinski definition) is 2. The van der Waals surface area contributed by atoms with Crippen LogP contribution in [-0.2, 0) is 13.0 Å². The van der Waals surface area contributed by atoms with Crippen molar-refractivity contribution >= 4 is 5.97 Å². The highest BCUT2D eigenvalue weighted by molar-refractivity contribution is 5.89. The molecule has 0 bridgehead atoms. The Morgan fingerprint density at radius 1 is 1.42 bits per heavy atom. The number of rotatable bonds is 5. The molecule has 2 rings (SSSR count). The van der Waals surface area contributed by atoms with E-state index in [-0.39, 0.29) is 0 Å². The van der Waals surface area contributed by atoms with E-state index in [1.807, 2.05) is 25.3 Å². The van der Waals surface area contributed by atoms with Gasteiger partial charge >= 0.3 is 5.97 Å². The Hall–Kier alpha value is -2.10. The molecule has 0 aliphatic heterocycles. The van der Waals surface area contributed by atoms with Gasteiger partial charge in [-0.3, -0.25) is 0 Å². The maximum Gasteiger partial charge on any atom is 0.335 e. The summed E-state index contributed by atoms with van der Waals surface area (Å²) in [4.78, 5) is 15.6. The van der Waals surface area contributed by atoms with Gasteiger partial charge in [-0.1, -0.05) is 24.6 Å². The highest BCUT2D eigenvalue weighted by atomic mass is 16.4. The predicted molar refractivity (Wildman–Crippen MR) is 73.5 cm³/mol. The molecule has 0 atom stereocenters. The lowest BCUT2D eigenvalue weighted by Crippen LogP contribution is -2.08. The molecule has 0 saturated heterocycles. The average molecular weight is 258 g/mol. The van der Waals surface area contributed by atoms with Crippen LogP contribution in [-0.4, -0.2) is 20.6 Å². The number of aromatic nitrogens is 2. The second-order valence-electron chi connectivity index (χ2n) is 4.68. The van der Waals surface area contributed by atoms with Crippen LogP contribution in [0, 0.1) is 6.92 Å². The summed E-state index contributed by atoms with van der Waals surface area (Å²) in [5, 5.41) is 9.26. The normalized spacial score (nSPS) is 10.6. The lowest BCUT2D eigenvalue weighted by Gasteiger charge is -2.09. The highest BCUT2D eigenvalue weighted by Crippen LogP contribution is 2.16. The smallest absolute Gasteiger partial charge is 0.335 e. The molecular formula is C15H18N2O2. The molecular weight excluding hydrogens is 240 g/mol. The van der Waals surface area contributed by atoms with Crippen molar-refractivity contribution in [3.05, 3.63) is 53.1 Å². The topological polar surface area (TPSA) is 55.1 Å². The third kappa shape index (κ3) is 3.02. The number of aryl methyl sites for hydroxylation is 2. The van der Waals surface area contributed by atoms with E-state index in [2.05, 4.69) is 16.5 Å². The van der Waals surface area contributed by atoms with Gasteiger partial charge < -0.3 is 9.67 Å². The molecule has 0 amide bonds. The molecule has 0 radical (unpaired) electrons. The molecule has 0 aliphatic rings. The van der Waals surface area contributed by atoms with Crippen LogP contribution < -0.4 is 0 Å². The zero-order valence-electron chi connectivity index (χ0n) is 11.3. The van der Waals surface area contributed by atoms with Crippen molar-refractivity contribution < 1.29 is 9.90 Å². The van der Waals surface area contributed by atoms with Gasteiger partial charge in [0.25, 0.3) is 0 Å². The first kappa shape index (κ1) is 13.3. The molecule has 0 aliphatic carbocycles. The van der Waals surface area contributed by atoms with Crippen LogP contribution in [0.15, 0.2) is 30.6 Å². The van der Waals surface area contributed by atoms with Crippen molar-refractivity contribution in [2.75, 3.05) is 0 Å². The highest BCUT2D eigenvalue weighted by Gasteiger charge is 2.12. The Bertz CT molecular complexity index is 588. The van der Waals surface area contributed by atoms with Crippen LogP contribution in [0.5, 0.6) is 0 Å². The summed E-state index contributed by atoms with van der Waals surface area (Å²) in [6.07, 6.45) is 5.28. The molecule has 0 fully saturated rings. The Labute approximate surface area is 112 Å².